The van der Waals surface area contributed by atoms with Crippen LogP contribution in [0.3, 0.4) is 0 Å². The van der Waals surface area contributed by atoms with E-state index in [4.69, 9.17) is 19.5 Å². The zero-order chi connectivity index (χ0) is 33.5. The second-order valence-corrected chi connectivity index (χ2v) is 9.54. The third-order valence-corrected chi connectivity index (χ3v) is 5.67. The first-order valence-corrected chi connectivity index (χ1v) is 11.0. The smallest absolute Gasteiger partial charge is 0.227 e. The maximum absolute atomic E-state index is 8.79. The van der Waals surface area contributed by atoms with Crippen LogP contribution in [0.25, 0.3) is 44.5 Å². The summed E-state index contributed by atoms with van der Waals surface area (Å²) in [7, 11) is 0. The number of pyridine rings is 2. The highest BCUT2D eigenvalue weighted by atomic mass is 16.3. The van der Waals surface area contributed by atoms with Gasteiger partial charge in [0.15, 0.2) is 0 Å². The molecule has 0 N–H and O–H groups in total. The van der Waals surface area contributed by atoms with Gasteiger partial charge < -0.3 is 4.42 Å². The predicted molar refractivity (Wildman–Crippen MR) is 142 cm³/mol. The number of nitrogens with zero attached hydrogens (tertiary/aromatic N) is 2. The first-order valence-electron chi connectivity index (χ1n) is 16.5. The van der Waals surface area contributed by atoms with Crippen LogP contribution in [-0.4, -0.2) is 9.97 Å². The molecule has 3 aromatic heterocycles. The standard InChI is InChI=1S/C31H32N2O/c1-18-13-22(16-31(5,6)7)14-19(2)28(18)26-15-27(32-17-20(26)3)25-10-8-9-23-24-12-11-21(4)33-30(24)34-29(23)25/h8-15,17H,16H2,1-7H3/i1D3,3D3,4D3,16D2. The number of para-hydroxylation sites is 1. The minimum Gasteiger partial charge on any atom is -0.437 e. The van der Waals surface area contributed by atoms with E-state index in [0.29, 0.717) is 33.2 Å². The molecule has 2 aromatic carbocycles. The molecule has 0 spiro atoms. The van der Waals surface area contributed by atoms with Crippen molar-refractivity contribution in [3.05, 3.63) is 82.7 Å². The zero-order valence-electron chi connectivity index (χ0n) is 30.5. The summed E-state index contributed by atoms with van der Waals surface area (Å²) in [5.41, 5.74) is 0.803. The fourth-order valence-electron chi connectivity index (χ4n) is 4.34. The number of fused-ring (bicyclic) bond motifs is 3. The maximum Gasteiger partial charge on any atom is 0.227 e. The molecule has 34 heavy (non-hydrogen) atoms. The lowest BCUT2D eigenvalue weighted by Gasteiger charge is -2.21. The summed E-state index contributed by atoms with van der Waals surface area (Å²) in [5.74, 6) is 0. The second kappa shape index (κ2) is 8.09. The fourth-order valence-corrected chi connectivity index (χ4v) is 4.34. The molecule has 0 aliphatic rings. The van der Waals surface area contributed by atoms with E-state index in [1.54, 1.807) is 58.0 Å². The molecule has 0 aliphatic heterocycles. The molecule has 0 radical (unpaired) electrons. The predicted octanol–water partition coefficient (Wildman–Crippen LogP) is 8.53. The molecular weight excluding hydrogens is 416 g/mol. The average molecular weight is 460 g/mol. The highest BCUT2D eigenvalue weighted by Crippen LogP contribution is 2.38. The quantitative estimate of drug-likeness (QED) is 0.271. The normalized spacial score (nSPS) is 18.4. The monoisotopic (exact) mass is 459 g/mol. The summed E-state index contributed by atoms with van der Waals surface area (Å²) in [4.78, 5) is 8.67. The Labute approximate surface area is 217 Å². The molecule has 3 heterocycles. The van der Waals surface area contributed by atoms with E-state index in [1.807, 2.05) is 0 Å². The first-order chi connectivity index (χ1) is 20.5. The van der Waals surface area contributed by atoms with Crippen LogP contribution in [0.15, 0.2) is 59.1 Å². The number of hydrogen-bond acceptors (Lipinski definition) is 3. The van der Waals surface area contributed by atoms with Gasteiger partial charge in [0.2, 0.25) is 5.71 Å². The van der Waals surface area contributed by atoms with Crippen LogP contribution in [0.5, 0.6) is 0 Å². The van der Waals surface area contributed by atoms with Crippen LogP contribution >= 0.6 is 0 Å². The number of rotatable bonds is 3. The molecule has 0 bridgehead atoms. The number of aryl methyl sites for hydroxylation is 4. The minimum absolute atomic E-state index is 0.120. The van der Waals surface area contributed by atoms with Crippen molar-refractivity contribution in [1.29, 1.82) is 0 Å². The lowest BCUT2D eigenvalue weighted by Crippen LogP contribution is -2.09. The Morgan fingerprint density at radius 1 is 0.912 bits per heavy atom. The van der Waals surface area contributed by atoms with E-state index in [-0.39, 0.29) is 39.2 Å². The topological polar surface area (TPSA) is 38.9 Å². The third-order valence-electron chi connectivity index (χ3n) is 5.67. The van der Waals surface area contributed by atoms with Crippen molar-refractivity contribution in [3.8, 4) is 22.4 Å². The van der Waals surface area contributed by atoms with Crippen molar-refractivity contribution in [2.75, 3.05) is 0 Å². The Kier molecular flexibility index (Phi) is 3.06. The number of benzene rings is 2. The van der Waals surface area contributed by atoms with Crippen molar-refractivity contribution in [3.63, 3.8) is 0 Å². The SMILES string of the molecule is [2H]C([2H])([2H])c1ccc2c(n1)oc1c(-c3cc(-c4c(C)cc(C([2H])([2H])C(C)(C)C)cc4C([2H])([2H])[2H])c(C([2H])([2H])[2H])cn3)cccc12. The summed E-state index contributed by atoms with van der Waals surface area (Å²) < 4.78 is 96.7. The molecule has 0 fully saturated rings. The summed E-state index contributed by atoms with van der Waals surface area (Å²) in [6.07, 6.45) is -0.688. The molecule has 172 valence electrons. The van der Waals surface area contributed by atoms with Gasteiger partial charge in [0.05, 0.1) is 5.69 Å². The first kappa shape index (κ1) is 12.9. The van der Waals surface area contributed by atoms with Gasteiger partial charge in [-0.2, -0.15) is 0 Å². The molecule has 0 amide bonds. The maximum atomic E-state index is 8.79. The van der Waals surface area contributed by atoms with E-state index >= 15 is 0 Å². The summed E-state index contributed by atoms with van der Waals surface area (Å²) in [6.45, 7) is -0.965. The van der Waals surface area contributed by atoms with E-state index < -0.39 is 32.3 Å². The minimum atomic E-state index is -2.70. The highest BCUT2D eigenvalue weighted by Gasteiger charge is 2.18. The van der Waals surface area contributed by atoms with Crippen LogP contribution in [0.1, 0.15) is 63.8 Å². The summed E-state index contributed by atoms with van der Waals surface area (Å²) in [5, 5.41) is 1.23. The van der Waals surface area contributed by atoms with Crippen LogP contribution in [0.4, 0.5) is 0 Å². The van der Waals surface area contributed by atoms with E-state index in [9.17, 15) is 0 Å². The van der Waals surface area contributed by atoms with Gasteiger partial charge in [0.1, 0.15) is 5.58 Å². The molecule has 0 atom stereocenters. The van der Waals surface area contributed by atoms with Gasteiger partial charge >= 0.3 is 0 Å². The Bertz CT molecular complexity index is 1940. The third kappa shape index (κ3) is 4.00. The van der Waals surface area contributed by atoms with E-state index in [1.165, 1.54) is 24.4 Å². The second-order valence-electron chi connectivity index (χ2n) is 9.54. The number of furan rings is 1. The Morgan fingerprint density at radius 2 is 1.74 bits per heavy atom. The molecular formula is C31H32N2O. The average Bonchev–Trinajstić information content (AvgIpc) is 3.28. The van der Waals surface area contributed by atoms with Gasteiger partial charge in [-0.05, 0) is 96.9 Å². The van der Waals surface area contributed by atoms with Gasteiger partial charge in [-0.3, -0.25) is 4.98 Å². The fraction of sp³-hybridized carbons (Fsp3) is 0.290. The van der Waals surface area contributed by atoms with Crippen LogP contribution in [0.2, 0.25) is 0 Å². The molecule has 5 aromatic rings. The van der Waals surface area contributed by atoms with Gasteiger partial charge in [-0.15, -0.1) is 0 Å². The van der Waals surface area contributed by atoms with E-state index in [2.05, 4.69) is 9.97 Å². The molecule has 0 unspecified atom stereocenters. The van der Waals surface area contributed by atoms with Crippen molar-refractivity contribution < 1.29 is 19.5 Å². The Morgan fingerprint density at radius 3 is 2.50 bits per heavy atom. The Hall–Kier alpha value is -3.46. The van der Waals surface area contributed by atoms with Crippen molar-refractivity contribution in [2.24, 2.45) is 5.41 Å². The van der Waals surface area contributed by atoms with Gasteiger partial charge in [0.25, 0.3) is 0 Å². The van der Waals surface area contributed by atoms with Crippen LogP contribution in [0, 0.1) is 32.9 Å². The van der Waals surface area contributed by atoms with Crippen LogP contribution < -0.4 is 0 Å². The van der Waals surface area contributed by atoms with E-state index in [0.717, 1.165) is 0 Å². The highest BCUT2D eigenvalue weighted by molar-refractivity contribution is 6.08. The van der Waals surface area contributed by atoms with Crippen molar-refractivity contribution in [2.45, 2.75) is 54.6 Å². The van der Waals surface area contributed by atoms with Gasteiger partial charge in [-0.25, -0.2) is 4.98 Å². The number of hydrogen-bond donors (Lipinski definition) is 0. The zero-order valence-corrected chi connectivity index (χ0v) is 19.5. The molecule has 5 rings (SSSR count). The lowest BCUT2D eigenvalue weighted by molar-refractivity contribution is 0.411. The number of aromatic nitrogens is 2. The van der Waals surface area contributed by atoms with Crippen molar-refractivity contribution >= 4 is 22.1 Å². The largest absolute Gasteiger partial charge is 0.437 e. The molecule has 0 saturated heterocycles. The summed E-state index contributed by atoms with van der Waals surface area (Å²) >= 11 is 0. The van der Waals surface area contributed by atoms with Gasteiger partial charge in [-0.1, -0.05) is 45.0 Å². The molecule has 3 heteroatoms. The molecule has 0 saturated carbocycles. The molecule has 0 aliphatic carbocycles. The van der Waals surface area contributed by atoms with Gasteiger partial charge in [0, 0.05) is 43.3 Å². The summed E-state index contributed by atoms with van der Waals surface area (Å²) in [6, 6.07) is 12.7. The lowest BCUT2D eigenvalue weighted by atomic mass is 9.84. The molecule has 3 nitrogen and oxygen atoms in total. The Balaban J connectivity index is 1.81. The van der Waals surface area contributed by atoms with Crippen LogP contribution in [-0.2, 0) is 6.37 Å². The van der Waals surface area contributed by atoms with Crippen molar-refractivity contribution in [1.82, 2.24) is 9.97 Å².